The summed E-state index contributed by atoms with van der Waals surface area (Å²) in [4.78, 5) is 53.8. The first-order chi connectivity index (χ1) is 17.3. The molecule has 0 spiro atoms. The van der Waals surface area contributed by atoms with Crippen molar-refractivity contribution < 1.29 is 29.4 Å². The molecule has 0 saturated heterocycles. The summed E-state index contributed by atoms with van der Waals surface area (Å²) in [6.07, 6.45) is 0.762. The van der Waals surface area contributed by atoms with E-state index in [9.17, 15) is 29.4 Å². The summed E-state index contributed by atoms with van der Waals surface area (Å²) in [5, 5.41) is 27.7. The van der Waals surface area contributed by atoms with Gasteiger partial charge in [0.25, 0.3) is 0 Å². The van der Waals surface area contributed by atoms with Gasteiger partial charge in [-0.05, 0) is 36.8 Å². The molecule has 0 saturated carbocycles. The van der Waals surface area contributed by atoms with Gasteiger partial charge in [-0.3, -0.25) is 14.4 Å². The number of aromatic amines is 1. The highest BCUT2D eigenvalue weighted by molar-refractivity contribution is 5.95. The van der Waals surface area contributed by atoms with Crippen LogP contribution in [0.3, 0.4) is 0 Å². The smallest absolute Gasteiger partial charge is 0.328 e. The number of para-hydroxylation sites is 1. The third kappa shape index (κ3) is 8.29. The molecule has 0 bridgehead atoms. The summed E-state index contributed by atoms with van der Waals surface area (Å²) in [5.41, 5.74) is 7.67. The summed E-state index contributed by atoms with van der Waals surface area (Å²) in [5.74, 6) is -3.44. The van der Waals surface area contributed by atoms with E-state index in [1.54, 1.807) is 20.0 Å². The van der Waals surface area contributed by atoms with Gasteiger partial charge in [0.2, 0.25) is 17.7 Å². The molecular weight excluding hydrogens is 478 g/mol. The lowest BCUT2D eigenvalue weighted by Crippen LogP contribution is -2.59. The number of nitrogens with one attached hydrogen (secondary N) is 4. The fourth-order valence-corrected chi connectivity index (χ4v) is 3.92. The number of aromatic nitrogens is 1. The number of amides is 3. The highest BCUT2D eigenvalue weighted by Crippen LogP contribution is 2.19. The number of aliphatic hydroxyl groups excluding tert-OH is 1. The summed E-state index contributed by atoms with van der Waals surface area (Å²) in [6.45, 7) is 8.54. The van der Waals surface area contributed by atoms with E-state index in [2.05, 4.69) is 20.9 Å². The topological polar surface area (TPSA) is 187 Å². The van der Waals surface area contributed by atoms with Crippen LogP contribution in [-0.2, 0) is 25.6 Å². The quantitative estimate of drug-likeness (QED) is 0.203. The molecule has 5 atom stereocenters. The maximum Gasteiger partial charge on any atom is 0.328 e. The van der Waals surface area contributed by atoms with E-state index in [0.717, 1.165) is 16.5 Å². The molecule has 11 heteroatoms. The molecule has 0 aliphatic rings. The summed E-state index contributed by atoms with van der Waals surface area (Å²) >= 11 is 0. The first-order valence-corrected chi connectivity index (χ1v) is 12.4. The van der Waals surface area contributed by atoms with Crippen LogP contribution in [0.15, 0.2) is 30.5 Å². The molecule has 0 fully saturated rings. The minimum atomic E-state index is -1.54. The number of carboxylic acids is 1. The van der Waals surface area contributed by atoms with Gasteiger partial charge in [-0.25, -0.2) is 4.79 Å². The molecule has 204 valence electrons. The van der Waals surface area contributed by atoms with E-state index in [0.29, 0.717) is 0 Å². The second kappa shape index (κ2) is 13.2. The van der Waals surface area contributed by atoms with Gasteiger partial charge in [0, 0.05) is 23.5 Å². The Morgan fingerprint density at radius 2 is 1.51 bits per heavy atom. The van der Waals surface area contributed by atoms with Crippen LogP contribution in [0.5, 0.6) is 0 Å². The normalized spacial score (nSPS) is 15.6. The van der Waals surface area contributed by atoms with Crippen LogP contribution < -0.4 is 21.7 Å². The molecule has 1 aromatic carbocycles. The van der Waals surface area contributed by atoms with E-state index < -0.39 is 54.0 Å². The van der Waals surface area contributed by atoms with Crippen LogP contribution in [0, 0.1) is 11.8 Å². The van der Waals surface area contributed by atoms with Crippen LogP contribution in [0.2, 0.25) is 0 Å². The zero-order valence-corrected chi connectivity index (χ0v) is 21.9. The lowest BCUT2D eigenvalue weighted by Gasteiger charge is -2.27. The Morgan fingerprint density at radius 1 is 0.919 bits per heavy atom. The number of aliphatic carboxylic acids is 1. The van der Waals surface area contributed by atoms with E-state index in [1.807, 2.05) is 38.1 Å². The van der Waals surface area contributed by atoms with E-state index in [-0.39, 0.29) is 24.7 Å². The Balaban J connectivity index is 2.31. The van der Waals surface area contributed by atoms with E-state index in [4.69, 9.17) is 5.73 Å². The van der Waals surface area contributed by atoms with Crippen molar-refractivity contribution in [3.05, 3.63) is 36.0 Å². The predicted octanol–water partition coefficient (Wildman–Crippen LogP) is 0.660. The Kier molecular flexibility index (Phi) is 10.6. The molecule has 11 nitrogen and oxygen atoms in total. The van der Waals surface area contributed by atoms with E-state index in [1.165, 1.54) is 6.92 Å². The third-order valence-corrected chi connectivity index (χ3v) is 6.14. The number of fused-ring (bicyclic) bond motifs is 1. The maximum absolute atomic E-state index is 13.5. The second-order valence-corrected chi connectivity index (χ2v) is 10.2. The van der Waals surface area contributed by atoms with Crippen molar-refractivity contribution in [1.29, 1.82) is 0 Å². The number of aliphatic hydroxyl groups is 1. The van der Waals surface area contributed by atoms with Crippen molar-refractivity contribution in [1.82, 2.24) is 20.9 Å². The molecule has 1 aromatic heterocycles. The van der Waals surface area contributed by atoms with Crippen LogP contribution in [-0.4, -0.2) is 69.2 Å². The Bertz CT molecular complexity index is 1100. The SMILES string of the molecule is CC(C)CC(NC(=O)C(Cc1c[nH]c2ccccc12)NC(=O)C(N)C(C)C)C(=O)NC(C(=O)O)C(C)O. The van der Waals surface area contributed by atoms with Crippen LogP contribution in [0.25, 0.3) is 10.9 Å². The van der Waals surface area contributed by atoms with Crippen LogP contribution in [0.4, 0.5) is 0 Å². The minimum absolute atomic E-state index is 0.0260. The standard InChI is InChI=1S/C26H39N5O6/c1-13(2)10-19(24(34)31-22(15(5)32)26(36)37)29-23(33)20(30-25(35)21(27)14(3)4)11-16-12-28-18-9-7-6-8-17(16)18/h6-9,12-15,19-22,28,32H,10-11,27H2,1-5H3,(H,29,33)(H,30,35)(H,31,34)(H,36,37). The highest BCUT2D eigenvalue weighted by Gasteiger charge is 2.32. The molecule has 0 aliphatic heterocycles. The fraction of sp³-hybridized carbons (Fsp3) is 0.538. The molecule has 37 heavy (non-hydrogen) atoms. The van der Waals surface area contributed by atoms with Gasteiger partial charge in [0.1, 0.15) is 12.1 Å². The highest BCUT2D eigenvalue weighted by atomic mass is 16.4. The third-order valence-electron chi connectivity index (χ3n) is 6.14. The largest absolute Gasteiger partial charge is 0.480 e. The zero-order valence-electron chi connectivity index (χ0n) is 21.9. The number of hydrogen-bond acceptors (Lipinski definition) is 6. The van der Waals surface area contributed by atoms with E-state index >= 15 is 0 Å². The second-order valence-electron chi connectivity index (χ2n) is 10.2. The molecule has 2 rings (SSSR count). The first kappa shape index (κ1) is 29.8. The molecular formula is C26H39N5O6. The van der Waals surface area contributed by atoms with Crippen molar-refractivity contribution in [3.63, 3.8) is 0 Å². The van der Waals surface area contributed by atoms with Crippen LogP contribution >= 0.6 is 0 Å². The van der Waals surface area contributed by atoms with Gasteiger partial charge in [-0.15, -0.1) is 0 Å². The van der Waals surface area contributed by atoms with Gasteiger partial charge in [0.15, 0.2) is 6.04 Å². The monoisotopic (exact) mass is 517 g/mol. The lowest BCUT2D eigenvalue weighted by atomic mass is 9.99. The van der Waals surface area contributed by atoms with Crippen molar-refractivity contribution in [2.75, 3.05) is 0 Å². The van der Waals surface area contributed by atoms with Crippen molar-refractivity contribution in [2.24, 2.45) is 17.6 Å². The lowest BCUT2D eigenvalue weighted by molar-refractivity contribution is -0.145. The first-order valence-electron chi connectivity index (χ1n) is 12.4. The molecule has 0 aliphatic carbocycles. The van der Waals surface area contributed by atoms with Gasteiger partial charge in [0.05, 0.1) is 12.1 Å². The zero-order chi connectivity index (χ0) is 27.9. The van der Waals surface area contributed by atoms with Gasteiger partial charge in [-0.1, -0.05) is 45.9 Å². The number of carbonyl (C=O) groups excluding carboxylic acids is 3. The number of nitrogens with two attached hydrogens (primary N) is 1. The Labute approximate surface area is 216 Å². The van der Waals surface area contributed by atoms with Gasteiger partial charge in [-0.2, -0.15) is 0 Å². The Hall–Kier alpha value is -3.44. The molecule has 1 heterocycles. The van der Waals surface area contributed by atoms with Gasteiger partial charge >= 0.3 is 5.97 Å². The summed E-state index contributed by atoms with van der Waals surface area (Å²) in [6, 6.07) is 3.02. The molecule has 5 unspecified atom stereocenters. The Morgan fingerprint density at radius 3 is 2.08 bits per heavy atom. The number of hydrogen-bond donors (Lipinski definition) is 7. The summed E-state index contributed by atoms with van der Waals surface area (Å²) in [7, 11) is 0. The maximum atomic E-state index is 13.5. The van der Waals surface area contributed by atoms with Crippen molar-refractivity contribution in [2.45, 2.75) is 77.7 Å². The van der Waals surface area contributed by atoms with Gasteiger partial charge < -0.3 is 36.9 Å². The van der Waals surface area contributed by atoms with Crippen LogP contribution in [0.1, 0.15) is 46.6 Å². The minimum Gasteiger partial charge on any atom is -0.480 e. The van der Waals surface area contributed by atoms with Crippen molar-refractivity contribution >= 4 is 34.6 Å². The number of benzene rings is 1. The molecule has 3 amide bonds. The fourth-order valence-electron chi connectivity index (χ4n) is 3.92. The number of H-pyrrole nitrogens is 1. The predicted molar refractivity (Wildman–Crippen MR) is 139 cm³/mol. The number of rotatable bonds is 13. The number of carbonyl (C=O) groups is 4. The molecule has 2 aromatic rings. The van der Waals surface area contributed by atoms with Crippen molar-refractivity contribution in [3.8, 4) is 0 Å². The average molecular weight is 518 g/mol. The summed E-state index contributed by atoms with van der Waals surface area (Å²) < 4.78 is 0. The molecule has 0 radical (unpaired) electrons. The molecule has 8 N–H and O–H groups in total. The number of carboxylic acid groups (broad SMARTS) is 1. The average Bonchev–Trinajstić information content (AvgIpc) is 3.22.